The van der Waals surface area contributed by atoms with Gasteiger partial charge in [-0.1, -0.05) is 17.7 Å². The van der Waals surface area contributed by atoms with Gasteiger partial charge in [-0.3, -0.25) is 4.57 Å². The summed E-state index contributed by atoms with van der Waals surface area (Å²) in [6.07, 6.45) is 6.02. The smallest absolute Gasteiger partial charge is 0.213 e. The van der Waals surface area contributed by atoms with Gasteiger partial charge < -0.3 is 4.74 Å². The summed E-state index contributed by atoms with van der Waals surface area (Å²) in [4.78, 5) is 4.26. The van der Waals surface area contributed by atoms with E-state index < -0.39 is 0 Å². The second-order valence-corrected chi connectivity index (χ2v) is 7.57. The summed E-state index contributed by atoms with van der Waals surface area (Å²) in [5.74, 6) is 3.03. The third-order valence-corrected chi connectivity index (χ3v) is 5.45. The molecule has 2 heterocycles. The van der Waals surface area contributed by atoms with E-state index >= 15 is 0 Å². The third-order valence-electron chi connectivity index (χ3n) is 5.21. The van der Waals surface area contributed by atoms with Crippen molar-refractivity contribution < 1.29 is 4.74 Å². The Morgan fingerprint density at radius 3 is 2.56 bits per heavy atom. The Morgan fingerprint density at radius 1 is 1.04 bits per heavy atom. The van der Waals surface area contributed by atoms with Crippen molar-refractivity contribution in [3.05, 3.63) is 64.8 Å². The van der Waals surface area contributed by atoms with Crippen LogP contribution in [0.5, 0.6) is 5.88 Å². The van der Waals surface area contributed by atoms with Gasteiger partial charge in [0.25, 0.3) is 0 Å². The molecular weight excluding hydrogens is 360 g/mol. The summed E-state index contributed by atoms with van der Waals surface area (Å²) < 4.78 is 8.20. The molecule has 3 aromatic rings. The van der Waals surface area contributed by atoms with Gasteiger partial charge >= 0.3 is 0 Å². The third kappa shape index (κ3) is 3.83. The van der Waals surface area contributed by atoms with Crippen molar-refractivity contribution in [1.29, 1.82) is 0 Å². The summed E-state index contributed by atoms with van der Waals surface area (Å²) in [7, 11) is 0. The lowest BCUT2D eigenvalue weighted by Crippen LogP contribution is -2.25. The van der Waals surface area contributed by atoms with E-state index in [1.54, 1.807) is 6.20 Å². The number of pyridine rings is 1. The van der Waals surface area contributed by atoms with Crippen molar-refractivity contribution in [2.75, 3.05) is 0 Å². The van der Waals surface area contributed by atoms with E-state index in [-0.39, 0.29) is 6.10 Å². The summed E-state index contributed by atoms with van der Waals surface area (Å²) in [5, 5.41) is 9.62. The molecular formula is C21H23ClN4O. The van der Waals surface area contributed by atoms with Crippen molar-refractivity contribution in [1.82, 2.24) is 19.7 Å². The molecule has 1 aliphatic rings. The average Bonchev–Trinajstić information content (AvgIpc) is 3.05. The SMILES string of the molecule is Cc1cc(Cl)ccc1-n1c(C)nnc1[C@H]1CC[C@H](Oc2ccccn2)CC1. The highest BCUT2D eigenvalue weighted by Crippen LogP contribution is 2.35. The van der Waals surface area contributed by atoms with Gasteiger partial charge in [-0.25, -0.2) is 4.98 Å². The predicted molar refractivity (Wildman–Crippen MR) is 106 cm³/mol. The molecule has 5 nitrogen and oxygen atoms in total. The van der Waals surface area contributed by atoms with Crippen LogP contribution in [-0.2, 0) is 0 Å². The minimum Gasteiger partial charge on any atom is -0.474 e. The van der Waals surface area contributed by atoms with Crippen molar-refractivity contribution in [2.24, 2.45) is 0 Å². The van der Waals surface area contributed by atoms with Gasteiger partial charge in [0.15, 0.2) is 0 Å². The van der Waals surface area contributed by atoms with E-state index in [1.807, 2.05) is 43.3 Å². The van der Waals surface area contributed by atoms with Crippen LogP contribution in [0, 0.1) is 13.8 Å². The second kappa shape index (κ2) is 7.69. The topological polar surface area (TPSA) is 52.8 Å². The molecule has 1 aliphatic carbocycles. The number of hydrogen-bond acceptors (Lipinski definition) is 4. The van der Waals surface area contributed by atoms with Crippen molar-refractivity contribution in [2.45, 2.75) is 51.6 Å². The van der Waals surface area contributed by atoms with Crippen LogP contribution in [0.1, 0.15) is 48.8 Å². The van der Waals surface area contributed by atoms with E-state index in [0.717, 1.165) is 53.6 Å². The number of benzene rings is 1. The van der Waals surface area contributed by atoms with E-state index in [1.165, 1.54) is 0 Å². The summed E-state index contributed by atoms with van der Waals surface area (Å²) in [6.45, 7) is 4.07. The van der Waals surface area contributed by atoms with Gasteiger partial charge in [-0.05, 0) is 69.4 Å². The minimum absolute atomic E-state index is 0.214. The molecule has 0 atom stereocenters. The lowest BCUT2D eigenvalue weighted by molar-refractivity contribution is 0.139. The maximum atomic E-state index is 6.13. The second-order valence-electron chi connectivity index (χ2n) is 7.13. The molecule has 140 valence electrons. The number of aryl methyl sites for hydroxylation is 2. The average molecular weight is 383 g/mol. The Labute approximate surface area is 164 Å². The first kappa shape index (κ1) is 18.0. The number of aromatic nitrogens is 4. The molecule has 27 heavy (non-hydrogen) atoms. The highest BCUT2D eigenvalue weighted by Gasteiger charge is 2.28. The summed E-state index contributed by atoms with van der Waals surface area (Å²) >= 11 is 6.13. The molecule has 2 aromatic heterocycles. The number of ether oxygens (including phenoxy) is 1. The largest absolute Gasteiger partial charge is 0.474 e. The molecule has 0 spiro atoms. The van der Waals surface area contributed by atoms with Crippen LogP contribution in [0.4, 0.5) is 0 Å². The van der Waals surface area contributed by atoms with Gasteiger partial charge in [0.2, 0.25) is 5.88 Å². The minimum atomic E-state index is 0.214. The maximum Gasteiger partial charge on any atom is 0.213 e. The van der Waals surface area contributed by atoms with Crippen LogP contribution < -0.4 is 4.74 Å². The Balaban J connectivity index is 1.51. The van der Waals surface area contributed by atoms with Crippen LogP contribution in [0.3, 0.4) is 0 Å². The molecule has 6 heteroatoms. The molecule has 1 saturated carbocycles. The molecule has 4 rings (SSSR count). The van der Waals surface area contributed by atoms with Crippen LogP contribution in [0.15, 0.2) is 42.6 Å². The molecule has 1 fully saturated rings. The van der Waals surface area contributed by atoms with Gasteiger partial charge in [0.1, 0.15) is 17.8 Å². The number of hydrogen-bond donors (Lipinski definition) is 0. The number of rotatable bonds is 4. The van der Waals surface area contributed by atoms with Crippen molar-refractivity contribution in [3.63, 3.8) is 0 Å². The lowest BCUT2D eigenvalue weighted by atomic mass is 9.86. The summed E-state index contributed by atoms with van der Waals surface area (Å²) in [5.41, 5.74) is 2.22. The first-order valence-corrected chi connectivity index (χ1v) is 9.75. The fraction of sp³-hybridized carbons (Fsp3) is 0.381. The monoisotopic (exact) mass is 382 g/mol. The molecule has 1 aromatic carbocycles. The zero-order chi connectivity index (χ0) is 18.8. The Kier molecular flexibility index (Phi) is 5.12. The quantitative estimate of drug-likeness (QED) is 0.634. The van der Waals surface area contributed by atoms with Crippen LogP contribution in [-0.4, -0.2) is 25.9 Å². The van der Waals surface area contributed by atoms with Crippen molar-refractivity contribution in [3.8, 4) is 11.6 Å². The molecule has 0 N–H and O–H groups in total. The fourth-order valence-electron chi connectivity index (χ4n) is 3.84. The molecule has 0 aliphatic heterocycles. The molecule has 0 saturated heterocycles. The van der Waals surface area contributed by atoms with Gasteiger partial charge in [0, 0.05) is 23.2 Å². The van der Waals surface area contributed by atoms with E-state index in [0.29, 0.717) is 11.8 Å². The zero-order valence-corrected chi connectivity index (χ0v) is 16.4. The highest BCUT2D eigenvalue weighted by atomic mass is 35.5. The standard InChI is InChI=1S/C21H23ClN4O/c1-14-13-17(22)8-11-19(14)26-15(2)24-25-21(26)16-6-9-18(10-7-16)27-20-5-3-4-12-23-20/h3-5,8,11-13,16,18H,6-7,9-10H2,1-2H3/t16-,18-. The van der Waals surface area contributed by atoms with E-state index in [4.69, 9.17) is 16.3 Å². The van der Waals surface area contributed by atoms with Gasteiger partial charge in [0.05, 0.1) is 5.69 Å². The zero-order valence-electron chi connectivity index (χ0n) is 15.6. The highest BCUT2D eigenvalue weighted by molar-refractivity contribution is 6.30. The van der Waals surface area contributed by atoms with Crippen LogP contribution in [0.2, 0.25) is 5.02 Å². The first-order valence-electron chi connectivity index (χ1n) is 9.38. The number of nitrogens with zero attached hydrogens (tertiary/aromatic N) is 4. The lowest BCUT2D eigenvalue weighted by Gasteiger charge is -2.28. The predicted octanol–water partition coefficient (Wildman–Crippen LogP) is 5.04. The molecule has 0 radical (unpaired) electrons. The van der Waals surface area contributed by atoms with Crippen LogP contribution in [0.25, 0.3) is 5.69 Å². The fourth-order valence-corrected chi connectivity index (χ4v) is 4.06. The Hall–Kier alpha value is -2.40. The molecule has 0 unspecified atom stereocenters. The van der Waals surface area contributed by atoms with Crippen molar-refractivity contribution >= 4 is 11.6 Å². The summed E-state index contributed by atoms with van der Waals surface area (Å²) in [6, 6.07) is 11.7. The number of halogens is 1. The Bertz CT molecular complexity index is 917. The van der Waals surface area contributed by atoms with Gasteiger partial charge in [-0.15, -0.1) is 10.2 Å². The Morgan fingerprint density at radius 2 is 1.85 bits per heavy atom. The van der Waals surface area contributed by atoms with E-state index in [9.17, 15) is 0 Å². The molecule has 0 amide bonds. The van der Waals surface area contributed by atoms with Gasteiger partial charge in [-0.2, -0.15) is 0 Å². The normalized spacial score (nSPS) is 19.8. The first-order chi connectivity index (χ1) is 13.1. The molecule has 0 bridgehead atoms. The maximum absolute atomic E-state index is 6.13. The van der Waals surface area contributed by atoms with Crippen LogP contribution >= 0.6 is 11.6 Å². The van der Waals surface area contributed by atoms with E-state index in [2.05, 4.69) is 26.7 Å².